The van der Waals surface area contributed by atoms with Gasteiger partial charge in [0.1, 0.15) is 4.53 Å². The quantitative estimate of drug-likeness (QED) is 0.365. The zero-order valence-corrected chi connectivity index (χ0v) is 22.3. The van der Waals surface area contributed by atoms with Crippen LogP contribution in [0.4, 0.5) is 5.69 Å². The molecule has 39 heavy (non-hydrogen) atoms. The average molecular weight is 536 g/mol. The maximum Gasteiger partial charge on any atom is 0.338 e. The lowest BCUT2D eigenvalue weighted by molar-refractivity contribution is -0.138. The normalized spacial score (nSPS) is 17.5. The first-order chi connectivity index (χ1) is 19.0. The first kappa shape index (κ1) is 24.8. The number of fused-ring (bicyclic) bond motifs is 2. The fourth-order valence-electron chi connectivity index (χ4n) is 5.25. The lowest BCUT2D eigenvalue weighted by Gasteiger charge is -2.25. The minimum Gasteiger partial charge on any atom is -0.463 e. The largest absolute Gasteiger partial charge is 0.463 e. The van der Waals surface area contributed by atoms with E-state index in [1.54, 1.807) is 11.8 Å². The molecule has 0 bridgehead atoms. The SMILES string of the molecule is CCOC(=O)C1=C(c2ccccc2)N=c2s/c(=C3/C(=O)N(CC)c4ccccc43)c(=O)n2[C@@H]1c1ccccc1. The number of para-hydroxylation sites is 1. The molecule has 0 N–H and O–H groups in total. The number of nitrogens with zero attached hydrogens (tertiary/aromatic N) is 3. The Labute approximate surface area is 228 Å². The van der Waals surface area contributed by atoms with Crippen LogP contribution in [0.5, 0.6) is 0 Å². The van der Waals surface area contributed by atoms with Crippen molar-refractivity contribution in [2.45, 2.75) is 19.9 Å². The van der Waals surface area contributed by atoms with E-state index >= 15 is 0 Å². The zero-order valence-electron chi connectivity index (χ0n) is 21.5. The Balaban J connectivity index is 1.72. The third kappa shape index (κ3) is 3.95. The summed E-state index contributed by atoms with van der Waals surface area (Å²) in [5, 5.41) is 0. The number of anilines is 1. The standard InChI is InChI=1S/C31H25N3O4S/c1-3-33-22-18-12-11-17-21(22)23(28(33)35)27-29(36)34-26(20-15-9-6-10-16-20)24(30(37)38-4-2)25(32-31(34)39-27)19-13-7-5-8-14-19/h5-18,26H,3-4H2,1-2H3/b27-23+/t26-/m1/s1. The van der Waals surface area contributed by atoms with Gasteiger partial charge in [-0.3, -0.25) is 14.2 Å². The van der Waals surface area contributed by atoms with Crippen molar-refractivity contribution in [2.75, 3.05) is 18.1 Å². The number of aromatic nitrogens is 1. The highest BCUT2D eigenvalue weighted by atomic mass is 32.1. The van der Waals surface area contributed by atoms with E-state index in [-0.39, 0.29) is 23.6 Å². The molecule has 1 atom stereocenters. The summed E-state index contributed by atoms with van der Waals surface area (Å²) < 4.78 is 7.34. The molecule has 3 heterocycles. The summed E-state index contributed by atoms with van der Waals surface area (Å²) in [5.41, 5.74) is 3.72. The predicted molar refractivity (Wildman–Crippen MR) is 151 cm³/mol. The molecule has 0 spiro atoms. The van der Waals surface area contributed by atoms with E-state index in [4.69, 9.17) is 9.73 Å². The third-order valence-electron chi connectivity index (χ3n) is 6.93. The monoisotopic (exact) mass is 535 g/mol. The Morgan fingerprint density at radius 2 is 1.59 bits per heavy atom. The summed E-state index contributed by atoms with van der Waals surface area (Å²) in [4.78, 5) is 48.3. The first-order valence-corrected chi connectivity index (χ1v) is 13.6. The van der Waals surface area contributed by atoms with Crippen LogP contribution in [0.2, 0.25) is 0 Å². The Bertz CT molecular complexity index is 1820. The van der Waals surface area contributed by atoms with E-state index in [2.05, 4.69) is 0 Å². The summed E-state index contributed by atoms with van der Waals surface area (Å²) in [6.07, 6.45) is 0. The van der Waals surface area contributed by atoms with Gasteiger partial charge in [0.2, 0.25) is 0 Å². The molecule has 3 aromatic carbocycles. The van der Waals surface area contributed by atoms with E-state index in [1.165, 1.54) is 15.9 Å². The van der Waals surface area contributed by atoms with Crippen LogP contribution >= 0.6 is 11.3 Å². The smallest absolute Gasteiger partial charge is 0.338 e. The molecule has 4 aromatic rings. The zero-order chi connectivity index (χ0) is 27.1. The molecule has 2 aliphatic rings. The maximum absolute atomic E-state index is 14.3. The summed E-state index contributed by atoms with van der Waals surface area (Å²) in [6, 6.07) is 25.5. The molecular formula is C31H25N3O4S. The molecule has 8 heteroatoms. The van der Waals surface area contributed by atoms with Gasteiger partial charge in [-0.25, -0.2) is 9.79 Å². The number of benzene rings is 3. The number of hydrogen-bond donors (Lipinski definition) is 0. The van der Waals surface area contributed by atoms with Gasteiger partial charge in [-0.05, 0) is 25.5 Å². The number of carbonyl (C=O) groups is 2. The van der Waals surface area contributed by atoms with Gasteiger partial charge in [0.15, 0.2) is 4.80 Å². The lowest BCUT2D eigenvalue weighted by Crippen LogP contribution is -2.41. The van der Waals surface area contributed by atoms with Gasteiger partial charge in [-0.15, -0.1) is 0 Å². The topological polar surface area (TPSA) is 81.0 Å². The fraction of sp³-hybridized carbons (Fsp3) is 0.161. The lowest BCUT2D eigenvalue weighted by atomic mass is 9.93. The number of likely N-dealkylation sites (N-methyl/N-ethyl adjacent to an activating group) is 1. The molecular weight excluding hydrogens is 510 g/mol. The molecule has 0 radical (unpaired) electrons. The van der Waals surface area contributed by atoms with Gasteiger partial charge >= 0.3 is 5.97 Å². The number of carbonyl (C=O) groups excluding carboxylic acids is 2. The molecule has 6 rings (SSSR count). The van der Waals surface area contributed by atoms with Crippen molar-refractivity contribution in [3.05, 3.63) is 127 Å². The Kier molecular flexibility index (Phi) is 6.32. The first-order valence-electron chi connectivity index (χ1n) is 12.8. The van der Waals surface area contributed by atoms with Gasteiger partial charge in [-0.2, -0.15) is 0 Å². The molecule has 7 nitrogen and oxygen atoms in total. The van der Waals surface area contributed by atoms with Crippen LogP contribution in [-0.2, 0) is 14.3 Å². The van der Waals surface area contributed by atoms with Crippen LogP contribution in [0.1, 0.15) is 36.6 Å². The molecule has 0 saturated heterocycles. The Morgan fingerprint density at radius 1 is 0.923 bits per heavy atom. The van der Waals surface area contributed by atoms with Crippen LogP contribution in [0, 0.1) is 0 Å². The van der Waals surface area contributed by atoms with Crippen molar-refractivity contribution in [3.63, 3.8) is 0 Å². The van der Waals surface area contributed by atoms with Crippen molar-refractivity contribution < 1.29 is 14.3 Å². The average Bonchev–Trinajstić information content (AvgIpc) is 3.44. The molecule has 0 saturated carbocycles. The van der Waals surface area contributed by atoms with E-state index in [0.717, 1.165) is 22.4 Å². The van der Waals surface area contributed by atoms with Crippen molar-refractivity contribution >= 4 is 40.2 Å². The van der Waals surface area contributed by atoms with Crippen molar-refractivity contribution in [1.82, 2.24) is 4.57 Å². The molecule has 0 fully saturated rings. The summed E-state index contributed by atoms with van der Waals surface area (Å²) in [7, 11) is 0. The highest BCUT2D eigenvalue weighted by molar-refractivity contribution is 7.07. The molecule has 1 amide bonds. The number of esters is 1. The molecule has 2 aliphatic heterocycles. The summed E-state index contributed by atoms with van der Waals surface area (Å²) >= 11 is 1.18. The minimum absolute atomic E-state index is 0.179. The van der Waals surface area contributed by atoms with E-state index in [9.17, 15) is 14.4 Å². The van der Waals surface area contributed by atoms with Gasteiger partial charge in [-0.1, -0.05) is 90.2 Å². The highest BCUT2D eigenvalue weighted by Gasteiger charge is 2.37. The number of hydrogen-bond acceptors (Lipinski definition) is 6. The van der Waals surface area contributed by atoms with Crippen LogP contribution in [-0.4, -0.2) is 29.6 Å². The Hall–Kier alpha value is -4.56. The van der Waals surface area contributed by atoms with E-state index in [0.29, 0.717) is 27.1 Å². The van der Waals surface area contributed by atoms with Crippen molar-refractivity contribution in [1.29, 1.82) is 0 Å². The van der Waals surface area contributed by atoms with Gasteiger partial charge in [0.05, 0.1) is 35.2 Å². The second kappa shape index (κ2) is 9.96. The van der Waals surface area contributed by atoms with Gasteiger partial charge in [0, 0.05) is 17.7 Å². The fourth-order valence-corrected chi connectivity index (χ4v) is 6.35. The number of thiazole rings is 1. The van der Waals surface area contributed by atoms with Gasteiger partial charge < -0.3 is 9.64 Å². The van der Waals surface area contributed by atoms with Crippen LogP contribution < -0.4 is 19.8 Å². The summed E-state index contributed by atoms with van der Waals surface area (Å²) in [5.74, 6) is -0.750. The minimum atomic E-state index is -0.778. The van der Waals surface area contributed by atoms with Crippen molar-refractivity contribution in [3.8, 4) is 0 Å². The maximum atomic E-state index is 14.3. The van der Waals surface area contributed by atoms with Crippen LogP contribution in [0.3, 0.4) is 0 Å². The molecule has 0 unspecified atom stereocenters. The molecule has 0 aliphatic carbocycles. The summed E-state index contributed by atoms with van der Waals surface area (Å²) in [6.45, 7) is 4.32. The molecule has 1 aromatic heterocycles. The Morgan fingerprint density at radius 3 is 2.28 bits per heavy atom. The third-order valence-corrected chi connectivity index (χ3v) is 7.98. The molecule has 194 valence electrons. The number of ether oxygens (including phenoxy) is 1. The second-order valence-electron chi connectivity index (χ2n) is 9.10. The predicted octanol–water partition coefficient (Wildman–Crippen LogP) is 3.67. The van der Waals surface area contributed by atoms with Crippen molar-refractivity contribution in [2.24, 2.45) is 4.99 Å². The van der Waals surface area contributed by atoms with Crippen LogP contribution in [0.25, 0.3) is 11.3 Å². The van der Waals surface area contributed by atoms with Crippen LogP contribution in [0.15, 0.2) is 100 Å². The number of amides is 1. The number of rotatable bonds is 5. The van der Waals surface area contributed by atoms with Gasteiger partial charge in [0.25, 0.3) is 11.5 Å². The highest BCUT2D eigenvalue weighted by Crippen LogP contribution is 2.37. The van der Waals surface area contributed by atoms with E-state index in [1.807, 2.05) is 91.9 Å². The van der Waals surface area contributed by atoms with E-state index < -0.39 is 12.0 Å². The second-order valence-corrected chi connectivity index (χ2v) is 10.1.